The molecule has 0 bridgehead atoms. The molecule has 27 heavy (non-hydrogen) atoms. The van der Waals surface area contributed by atoms with Crippen LogP contribution >= 0.6 is 0 Å². The van der Waals surface area contributed by atoms with Crippen molar-refractivity contribution in [3.63, 3.8) is 0 Å². The van der Waals surface area contributed by atoms with Crippen LogP contribution in [0.15, 0.2) is 41.3 Å². The van der Waals surface area contributed by atoms with E-state index in [0.29, 0.717) is 12.1 Å². The Hall–Kier alpha value is -2.59. The number of benzene rings is 2. The molecule has 0 saturated carbocycles. The first-order chi connectivity index (χ1) is 12.7. The van der Waals surface area contributed by atoms with Crippen LogP contribution in [0.3, 0.4) is 0 Å². The number of nitrogens with one attached hydrogen (secondary N) is 2. The van der Waals surface area contributed by atoms with Crippen LogP contribution in [-0.2, 0) is 10.0 Å². The fraction of sp³-hybridized carbons (Fsp3) is 0.235. The van der Waals surface area contributed by atoms with Gasteiger partial charge in [0.25, 0.3) is 15.9 Å². The van der Waals surface area contributed by atoms with Crippen LogP contribution in [0.4, 0.5) is 18.9 Å². The monoisotopic (exact) mass is 401 g/mol. The molecule has 10 heteroatoms. The highest BCUT2D eigenvalue weighted by Crippen LogP contribution is 2.19. The summed E-state index contributed by atoms with van der Waals surface area (Å²) in [6.45, 7) is 5.52. The van der Waals surface area contributed by atoms with Crippen LogP contribution in [0, 0.1) is 17.5 Å². The zero-order valence-corrected chi connectivity index (χ0v) is 15.4. The Morgan fingerprint density at radius 2 is 1.56 bits per heavy atom. The predicted octanol–water partition coefficient (Wildman–Crippen LogP) is 2.57. The van der Waals surface area contributed by atoms with Crippen LogP contribution in [0.1, 0.15) is 24.2 Å². The number of amides is 1. The smallest absolute Gasteiger partial charge is 0.266 e. The SMILES string of the molecule is CCN(CC)c1ccc(C(=O)NNS(=O)(=O)c2ccc(F)c(F)c2F)cc1. The van der Waals surface area contributed by atoms with Crippen molar-refractivity contribution < 1.29 is 26.4 Å². The molecular weight excluding hydrogens is 383 g/mol. The lowest BCUT2D eigenvalue weighted by atomic mass is 10.2. The summed E-state index contributed by atoms with van der Waals surface area (Å²) in [5, 5.41) is 0. The number of halogens is 3. The van der Waals surface area contributed by atoms with Crippen molar-refractivity contribution >= 4 is 21.6 Å². The molecule has 6 nitrogen and oxygen atoms in total. The summed E-state index contributed by atoms with van der Waals surface area (Å²) in [6, 6.07) is 7.42. The molecule has 0 saturated heterocycles. The quantitative estimate of drug-likeness (QED) is 0.552. The van der Waals surface area contributed by atoms with Crippen molar-refractivity contribution in [3.05, 3.63) is 59.4 Å². The number of nitrogens with zero attached hydrogens (tertiary/aromatic N) is 1. The minimum absolute atomic E-state index is 0.152. The number of rotatable bonds is 7. The molecule has 0 aromatic heterocycles. The number of anilines is 1. The van der Waals surface area contributed by atoms with Gasteiger partial charge in [0.05, 0.1) is 0 Å². The first kappa shape index (κ1) is 20.7. The molecule has 0 aliphatic rings. The van der Waals surface area contributed by atoms with E-state index in [1.54, 1.807) is 17.0 Å². The Kier molecular flexibility index (Phi) is 6.45. The minimum Gasteiger partial charge on any atom is -0.372 e. The average Bonchev–Trinajstić information content (AvgIpc) is 2.65. The van der Waals surface area contributed by atoms with Gasteiger partial charge in [-0.2, -0.15) is 0 Å². The van der Waals surface area contributed by atoms with E-state index in [1.165, 1.54) is 12.1 Å². The van der Waals surface area contributed by atoms with Gasteiger partial charge < -0.3 is 4.90 Å². The highest BCUT2D eigenvalue weighted by Gasteiger charge is 2.24. The summed E-state index contributed by atoms with van der Waals surface area (Å²) in [5.41, 5.74) is 2.94. The number of hydrazine groups is 1. The van der Waals surface area contributed by atoms with Crippen molar-refractivity contribution in [2.75, 3.05) is 18.0 Å². The average molecular weight is 401 g/mol. The highest BCUT2D eigenvalue weighted by atomic mass is 32.2. The molecule has 2 aromatic rings. The van der Waals surface area contributed by atoms with Gasteiger partial charge >= 0.3 is 0 Å². The van der Waals surface area contributed by atoms with Crippen molar-refractivity contribution in [2.24, 2.45) is 0 Å². The summed E-state index contributed by atoms with van der Waals surface area (Å²) in [7, 11) is -4.63. The lowest BCUT2D eigenvalue weighted by molar-refractivity contribution is 0.0945. The van der Waals surface area contributed by atoms with Gasteiger partial charge in [0.15, 0.2) is 17.5 Å². The van der Waals surface area contributed by atoms with Crippen LogP contribution in [0.25, 0.3) is 0 Å². The number of hydrogen-bond donors (Lipinski definition) is 2. The molecule has 2 rings (SSSR count). The van der Waals surface area contributed by atoms with Crippen LogP contribution in [0.5, 0.6) is 0 Å². The fourth-order valence-electron chi connectivity index (χ4n) is 2.37. The molecule has 0 aliphatic carbocycles. The van der Waals surface area contributed by atoms with E-state index in [4.69, 9.17) is 0 Å². The molecule has 0 atom stereocenters. The van der Waals surface area contributed by atoms with Gasteiger partial charge in [0.1, 0.15) is 4.90 Å². The van der Waals surface area contributed by atoms with Crippen LogP contribution < -0.4 is 15.2 Å². The van der Waals surface area contributed by atoms with E-state index in [2.05, 4.69) is 4.90 Å². The third-order valence-electron chi connectivity index (χ3n) is 3.85. The molecule has 0 heterocycles. The fourth-order valence-corrected chi connectivity index (χ4v) is 3.28. The van der Waals surface area contributed by atoms with Crippen molar-refractivity contribution in [1.29, 1.82) is 0 Å². The zero-order chi connectivity index (χ0) is 20.2. The second-order valence-electron chi connectivity index (χ2n) is 5.45. The van der Waals surface area contributed by atoms with Crippen LogP contribution in [0.2, 0.25) is 0 Å². The van der Waals surface area contributed by atoms with E-state index < -0.39 is 38.3 Å². The molecule has 2 aromatic carbocycles. The second-order valence-corrected chi connectivity index (χ2v) is 7.10. The van der Waals surface area contributed by atoms with Gasteiger partial charge in [-0.25, -0.2) is 21.6 Å². The molecule has 0 radical (unpaired) electrons. The van der Waals surface area contributed by atoms with Gasteiger partial charge in [0.2, 0.25) is 0 Å². The molecular formula is C17H18F3N3O3S. The van der Waals surface area contributed by atoms with Gasteiger partial charge in [0, 0.05) is 24.3 Å². The van der Waals surface area contributed by atoms with E-state index in [1.807, 2.05) is 19.3 Å². The Morgan fingerprint density at radius 1 is 0.963 bits per heavy atom. The Bertz CT molecular complexity index is 930. The highest BCUT2D eigenvalue weighted by molar-refractivity contribution is 7.89. The molecule has 146 valence electrons. The van der Waals surface area contributed by atoms with Gasteiger partial charge in [-0.15, -0.1) is 4.83 Å². The number of sulfonamides is 1. The first-order valence-electron chi connectivity index (χ1n) is 8.01. The van der Waals surface area contributed by atoms with E-state index in [0.717, 1.165) is 18.8 Å². The lowest BCUT2D eigenvalue weighted by Crippen LogP contribution is -2.41. The maximum atomic E-state index is 13.6. The van der Waals surface area contributed by atoms with Crippen molar-refractivity contribution in [2.45, 2.75) is 18.7 Å². The topological polar surface area (TPSA) is 78.5 Å². The normalized spacial score (nSPS) is 11.3. The summed E-state index contributed by atoms with van der Waals surface area (Å²) >= 11 is 0. The van der Waals surface area contributed by atoms with Gasteiger partial charge in [-0.05, 0) is 50.2 Å². The molecule has 0 aliphatic heterocycles. The van der Waals surface area contributed by atoms with E-state index >= 15 is 0 Å². The lowest BCUT2D eigenvalue weighted by Gasteiger charge is -2.21. The molecule has 0 fully saturated rings. The van der Waals surface area contributed by atoms with Crippen molar-refractivity contribution in [3.8, 4) is 0 Å². The second kappa shape index (κ2) is 8.40. The molecule has 0 spiro atoms. The number of carbonyl (C=O) groups excluding carboxylic acids is 1. The Balaban J connectivity index is 2.12. The number of hydrogen-bond acceptors (Lipinski definition) is 4. The predicted molar refractivity (Wildman–Crippen MR) is 94.1 cm³/mol. The first-order valence-corrected chi connectivity index (χ1v) is 9.50. The summed E-state index contributed by atoms with van der Waals surface area (Å²) in [6.07, 6.45) is 0. The maximum absolute atomic E-state index is 13.6. The largest absolute Gasteiger partial charge is 0.372 e. The van der Waals surface area contributed by atoms with Gasteiger partial charge in [-0.1, -0.05) is 0 Å². The minimum atomic E-state index is -4.63. The zero-order valence-electron chi connectivity index (χ0n) is 14.6. The Labute approximate surface area is 155 Å². The summed E-state index contributed by atoms with van der Waals surface area (Å²) in [5.74, 6) is -6.12. The Morgan fingerprint density at radius 3 is 2.11 bits per heavy atom. The van der Waals surface area contributed by atoms with Crippen molar-refractivity contribution in [1.82, 2.24) is 10.3 Å². The van der Waals surface area contributed by atoms with Gasteiger partial charge in [-0.3, -0.25) is 10.2 Å². The third kappa shape index (κ3) is 4.58. The van der Waals surface area contributed by atoms with E-state index in [-0.39, 0.29) is 5.56 Å². The molecule has 2 N–H and O–H groups in total. The van der Waals surface area contributed by atoms with Crippen LogP contribution in [-0.4, -0.2) is 27.4 Å². The summed E-state index contributed by atoms with van der Waals surface area (Å²) < 4.78 is 63.8. The molecule has 1 amide bonds. The van der Waals surface area contributed by atoms with E-state index in [9.17, 15) is 26.4 Å². The maximum Gasteiger partial charge on any atom is 0.266 e. The summed E-state index contributed by atoms with van der Waals surface area (Å²) in [4.78, 5) is 14.6. The molecule has 0 unspecified atom stereocenters. The number of carbonyl (C=O) groups is 1. The third-order valence-corrected chi connectivity index (χ3v) is 5.11. The standard InChI is InChI=1S/C17H18F3N3O3S/c1-3-23(4-2)12-7-5-11(6-8-12)17(24)21-22-27(25,26)14-10-9-13(18)15(19)16(14)20/h5-10,22H,3-4H2,1-2H3,(H,21,24).